The third-order valence-electron chi connectivity index (χ3n) is 1.09. The van der Waals surface area contributed by atoms with Crippen LogP contribution in [0.5, 0.6) is 0 Å². The van der Waals surface area contributed by atoms with E-state index < -0.39 is 0 Å². The van der Waals surface area contributed by atoms with Crippen molar-refractivity contribution in [2.24, 2.45) is 0 Å². The molecule has 0 unspecified atom stereocenters. The monoisotopic (exact) mass is 152 g/mol. The summed E-state index contributed by atoms with van der Waals surface area (Å²) in [5.74, 6) is 0. The second-order valence-electron chi connectivity index (χ2n) is 1.74. The molecular formula is C9H12S. The Balaban J connectivity index is 4.42. The van der Waals surface area contributed by atoms with Crippen molar-refractivity contribution in [2.75, 3.05) is 0 Å². The van der Waals surface area contributed by atoms with Crippen molar-refractivity contribution in [1.82, 2.24) is 0 Å². The lowest BCUT2D eigenvalue weighted by Crippen LogP contribution is -1.72. The fourth-order valence-corrected chi connectivity index (χ4v) is 1.04. The molecule has 0 saturated heterocycles. The molecule has 0 heterocycles. The third-order valence-corrected chi connectivity index (χ3v) is 2.00. The van der Waals surface area contributed by atoms with E-state index in [-0.39, 0.29) is 0 Å². The number of hydrogen-bond donors (Lipinski definition) is 0. The van der Waals surface area contributed by atoms with Crippen molar-refractivity contribution in [3.63, 3.8) is 0 Å². The van der Waals surface area contributed by atoms with Gasteiger partial charge in [-0.15, -0.1) is 0 Å². The highest BCUT2D eigenvalue weighted by Crippen LogP contribution is 2.21. The van der Waals surface area contributed by atoms with Crippen LogP contribution in [0.1, 0.15) is 6.92 Å². The fourth-order valence-electron chi connectivity index (χ4n) is 0.492. The number of allylic oxidation sites excluding steroid dienone is 3. The molecule has 0 bridgehead atoms. The molecule has 0 amide bonds. The quantitative estimate of drug-likeness (QED) is 0.555. The van der Waals surface area contributed by atoms with Gasteiger partial charge in [0.2, 0.25) is 0 Å². The zero-order chi connectivity index (χ0) is 7.98. The first-order valence-electron chi connectivity index (χ1n) is 2.99. The lowest BCUT2D eigenvalue weighted by atomic mass is 10.3. The van der Waals surface area contributed by atoms with Crippen LogP contribution in [0.3, 0.4) is 0 Å². The van der Waals surface area contributed by atoms with Gasteiger partial charge in [0.1, 0.15) is 0 Å². The summed E-state index contributed by atoms with van der Waals surface area (Å²) in [5, 5.41) is 1.78. The lowest BCUT2D eigenvalue weighted by molar-refractivity contribution is 1.52. The van der Waals surface area contributed by atoms with Crippen molar-refractivity contribution in [3.05, 3.63) is 47.8 Å². The van der Waals surface area contributed by atoms with Crippen molar-refractivity contribution in [1.29, 1.82) is 0 Å². The molecule has 0 aromatic carbocycles. The smallest absolute Gasteiger partial charge is 0.0139 e. The summed E-state index contributed by atoms with van der Waals surface area (Å²) in [6.07, 6.45) is 3.62. The molecule has 0 radical (unpaired) electrons. The van der Waals surface area contributed by atoms with Crippen molar-refractivity contribution in [2.45, 2.75) is 6.92 Å². The number of hydrogen-bond acceptors (Lipinski definition) is 1. The predicted molar refractivity (Wildman–Crippen MR) is 50.9 cm³/mol. The Morgan fingerprint density at radius 2 is 1.80 bits per heavy atom. The zero-order valence-corrected chi connectivity index (χ0v) is 7.08. The summed E-state index contributed by atoms with van der Waals surface area (Å²) in [5.41, 5.74) is 1.14. The van der Waals surface area contributed by atoms with Crippen LogP contribution in [0.2, 0.25) is 0 Å². The van der Waals surface area contributed by atoms with Gasteiger partial charge in [0, 0.05) is 4.91 Å². The molecule has 54 valence electrons. The molecule has 0 saturated carbocycles. The first-order valence-corrected chi connectivity index (χ1v) is 3.87. The van der Waals surface area contributed by atoms with E-state index in [0.717, 1.165) is 10.5 Å². The minimum absolute atomic E-state index is 1.12. The molecule has 0 aromatic heterocycles. The van der Waals surface area contributed by atoms with Crippen LogP contribution in [0, 0.1) is 0 Å². The average molecular weight is 152 g/mol. The molecule has 0 nitrogen and oxygen atoms in total. The van der Waals surface area contributed by atoms with Crippen LogP contribution in [0.25, 0.3) is 0 Å². The summed E-state index contributed by atoms with van der Waals surface area (Å²) in [7, 11) is 0. The standard InChI is InChI=1S/C9H12S/c1-5-8(4)9(6-2)10-7-3/h5-7H,1-3H2,4H3/b9-8+. The summed E-state index contributed by atoms with van der Waals surface area (Å²) < 4.78 is 0. The second kappa shape index (κ2) is 5.12. The molecule has 0 spiro atoms. The van der Waals surface area contributed by atoms with E-state index in [1.807, 2.05) is 19.1 Å². The molecule has 0 aromatic rings. The van der Waals surface area contributed by atoms with Crippen molar-refractivity contribution < 1.29 is 0 Å². The van der Waals surface area contributed by atoms with Crippen molar-refractivity contribution >= 4 is 11.8 Å². The molecule has 0 aliphatic heterocycles. The zero-order valence-electron chi connectivity index (χ0n) is 6.26. The Morgan fingerprint density at radius 3 is 2.10 bits per heavy atom. The number of thioether (sulfide) groups is 1. The summed E-state index contributed by atoms with van der Waals surface area (Å²) >= 11 is 1.56. The van der Waals surface area contributed by atoms with Crippen LogP contribution in [0.4, 0.5) is 0 Å². The van der Waals surface area contributed by atoms with Gasteiger partial charge in [0.05, 0.1) is 0 Å². The molecule has 0 fully saturated rings. The van der Waals surface area contributed by atoms with Gasteiger partial charge in [0.25, 0.3) is 0 Å². The van der Waals surface area contributed by atoms with Gasteiger partial charge in [-0.05, 0) is 17.9 Å². The highest BCUT2D eigenvalue weighted by Gasteiger charge is 1.91. The van der Waals surface area contributed by atoms with Crippen LogP contribution < -0.4 is 0 Å². The van der Waals surface area contributed by atoms with Gasteiger partial charge in [-0.2, -0.15) is 0 Å². The van der Waals surface area contributed by atoms with Gasteiger partial charge < -0.3 is 0 Å². The molecule has 10 heavy (non-hydrogen) atoms. The van der Waals surface area contributed by atoms with Crippen molar-refractivity contribution in [3.8, 4) is 0 Å². The second-order valence-corrected chi connectivity index (χ2v) is 2.75. The van der Waals surface area contributed by atoms with E-state index in [4.69, 9.17) is 0 Å². The van der Waals surface area contributed by atoms with Crippen LogP contribution in [0.15, 0.2) is 47.8 Å². The van der Waals surface area contributed by atoms with Crippen LogP contribution in [-0.2, 0) is 0 Å². The Bertz CT molecular complexity index is 175. The van der Waals surface area contributed by atoms with Gasteiger partial charge in [-0.1, -0.05) is 43.7 Å². The highest BCUT2D eigenvalue weighted by molar-refractivity contribution is 8.06. The van der Waals surface area contributed by atoms with Gasteiger partial charge in [-0.3, -0.25) is 0 Å². The third kappa shape index (κ3) is 2.74. The van der Waals surface area contributed by atoms with Crippen LogP contribution in [-0.4, -0.2) is 0 Å². The van der Waals surface area contributed by atoms with Gasteiger partial charge >= 0.3 is 0 Å². The minimum atomic E-state index is 1.12. The SMILES string of the molecule is C=CS/C(C=C)=C(\C)C=C. The van der Waals surface area contributed by atoms with E-state index in [2.05, 4.69) is 19.7 Å². The Kier molecular flexibility index (Phi) is 4.77. The lowest BCUT2D eigenvalue weighted by Gasteiger charge is -1.98. The predicted octanol–water partition coefficient (Wildman–Crippen LogP) is 3.51. The Labute approximate surface area is 67.0 Å². The van der Waals surface area contributed by atoms with Crippen LogP contribution >= 0.6 is 11.8 Å². The molecule has 0 rings (SSSR count). The molecule has 0 N–H and O–H groups in total. The van der Waals surface area contributed by atoms with E-state index in [0.29, 0.717) is 0 Å². The summed E-state index contributed by atoms with van der Waals surface area (Å²) in [4.78, 5) is 1.12. The summed E-state index contributed by atoms with van der Waals surface area (Å²) in [6.45, 7) is 12.9. The largest absolute Gasteiger partial charge is 0.0988 e. The average Bonchev–Trinajstić information content (AvgIpc) is 1.99. The van der Waals surface area contributed by atoms with Gasteiger partial charge in [-0.25, -0.2) is 0 Å². The molecule has 0 atom stereocenters. The Morgan fingerprint density at radius 1 is 1.20 bits per heavy atom. The summed E-state index contributed by atoms with van der Waals surface area (Å²) in [6, 6.07) is 0. The maximum atomic E-state index is 3.67. The first-order chi connectivity index (χ1) is 4.76. The fraction of sp³-hybridized carbons (Fsp3) is 0.111. The van der Waals surface area contributed by atoms with E-state index in [1.54, 1.807) is 17.2 Å². The van der Waals surface area contributed by atoms with E-state index in [1.165, 1.54) is 0 Å². The normalized spacial score (nSPS) is 11.7. The van der Waals surface area contributed by atoms with E-state index >= 15 is 0 Å². The molecule has 1 heteroatoms. The highest BCUT2D eigenvalue weighted by atomic mass is 32.2. The molecule has 0 aliphatic carbocycles. The minimum Gasteiger partial charge on any atom is -0.0988 e. The Hall–Kier alpha value is -0.690. The number of rotatable bonds is 4. The maximum Gasteiger partial charge on any atom is 0.0139 e. The topological polar surface area (TPSA) is 0 Å². The molecular weight excluding hydrogens is 140 g/mol. The maximum absolute atomic E-state index is 3.67. The van der Waals surface area contributed by atoms with Gasteiger partial charge in [0.15, 0.2) is 0 Å². The van der Waals surface area contributed by atoms with E-state index in [9.17, 15) is 0 Å². The molecule has 0 aliphatic rings. The first kappa shape index (κ1) is 9.31.